The van der Waals surface area contributed by atoms with Crippen molar-refractivity contribution in [3.63, 3.8) is 0 Å². The lowest BCUT2D eigenvalue weighted by atomic mass is 9.93. The van der Waals surface area contributed by atoms with Crippen LogP contribution in [-0.4, -0.2) is 63.3 Å². The van der Waals surface area contributed by atoms with Crippen molar-refractivity contribution in [3.8, 4) is 0 Å². The van der Waals surface area contributed by atoms with Gasteiger partial charge in [-0.15, -0.1) is 0 Å². The predicted molar refractivity (Wildman–Crippen MR) is 88.9 cm³/mol. The fourth-order valence-corrected chi connectivity index (χ4v) is 3.48. The molecule has 0 radical (unpaired) electrons. The molecule has 2 heterocycles. The quantitative estimate of drug-likeness (QED) is 0.662. The Hall–Kier alpha value is -0.650. The van der Waals surface area contributed by atoms with E-state index >= 15 is 0 Å². The van der Waals surface area contributed by atoms with E-state index in [1.54, 1.807) is 0 Å². The molecule has 0 spiro atoms. The molecule has 5 heteroatoms. The summed E-state index contributed by atoms with van der Waals surface area (Å²) in [4.78, 5) is 14.7. The smallest absolute Gasteiger partial charge is 0.223 e. The van der Waals surface area contributed by atoms with E-state index in [2.05, 4.69) is 15.5 Å². The molecular weight excluding hydrogens is 278 g/mol. The highest BCUT2D eigenvalue weighted by atomic mass is 16.5. The highest BCUT2D eigenvalue weighted by Crippen LogP contribution is 2.20. The SMILES string of the molecule is CCOCCCNC(=O)C1CCN(CC2CCNCC2)CC1. The topological polar surface area (TPSA) is 53.6 Å². The predicted octanol–water partition coefficient (Wildman–Crippen LogP) is 1.24. The molecule has 2 aliphatic heterocycles. The van der Waals surface area contributed by atoms with Crippen LogP contribution in [0.4, 0.5) is 0 Å². The van der Waals surface area contributed by atoms with Crippen LogP contribution in [-0.2, 0) is 9.53 Å². The van der Waals surface area contributed by atoms with Gasteiger partial charge in [0.2, 0.25) is 5.91 Å². The largest absolute Gasteiger partial charge is 0.382 e. The van der Waals surface area contributed by atoms with Crippen LogP contribution in [0.2, 0.25) is 0 Å². The molecule has 2 aliphatic rings. The van der Waals surface area contributed by atoms with E-state index in [1.165, 1.54) is 32.5 Å². The number of piperidine rings is 2. The third kappa shape index (κ3) is 6.23. The van der Waals surface area contributed by atoms with Gasteiger partial charge < -0.3 is 20.3 Å². The van der Waals surface area contributed by atoms with Gasteiger partial charge in [-0.1, -0.05) is 0 Å². The van der Waals surface area contributed by atoms with Crippen LogP contribution in [0.25, 0.3) is 0 Å². The van der Waals surface area contributed by atoms with E-state index in [-0.39, 0.29) is 11.8 Å². The van der Waals surface area contributed by atoms with E-state index in [1.807, 2.05) is 6.92 Å². The molecule has 0 atom stereocenters. The molecule has 0 aromatic carbocycles. The van der Waals surface area contributed by atoms with Gasteiger partial charge in [-0.2, -0.15) is 0 Å². The average Bonchev–Trinajstić information content (AvgIpc) is 2.56. The molecule has 2 rings (SSSR count). The number of ether oxygens (including phenoxy) is 1. The normalized spacial score (nSPS) is 21.9. The number of hydrogen-bond acceptors (Lipinski definition) is 4. The van der Waals surface area contributed by atoms with Gasteiger partial charge in [0.05, 0.1) is 0 Å². The summed E-state index contributed by atoms with van der Waals surface area (Å²) in [6.45, 7) is 9.97. The summed E-state index contributed by atoms with van der Waals surface area (Å²) in [6, 6.07) is 0. The Kier molecular flexibility index (Phi) is 8.20. The summed E-state index contributed by atoms with van der Waals surface area (Å²) in [6.07, 6.45) is 5.55. The second kappa shape index (κ2) is 10.2. The number of nitrogens with one attached hydrogen (secondary N) is 2. The van der Waals surface area contributed by atoms with Crippen molar-refractivity contribution in [3.05, 3.63) is 0 Å². The molecule has 2 saturated heterocycles. The van der Waals surface area contributed by atoms with Crippen LogP contribution >= 0.6 is 0 Å². The van der Waals surface area contributed by atoms with Crippen molar-refractivity contribution in [1.29, 1.82) is 0 Å². The van der Waals surface area contributed by atoms with Crippen molar-refractivity contribution in [1.82, 2.24) is 15.5 Å². The zero-order valence-electron chi connectivity index (χ0n) is 14.1. The van der Waals surface area contributed by atoms with Crippen LogP contribution in [0.3, 0.4) is 0 Å². The van der Waals surface area contributed by atoms with Crippen molar-refractivity contribution < 1.29 is 9.53 Å². The fraction of sp³-hybridized carbons (Fsp3) is 0.941. The lowest BCUT2D eigenvalue weighted by Crippen LogP contribution is -2.43. The molecule has 128 valence electrons. The first-order valence-corrected chi connectivity index (χ1v) is 9.08. The Bertz CT molecular complexity index is 311. The highest BCUT2D eigenvalue weighted by Gasteiger charge is 2.26. The summed E-state index contributed by atoms with van der Waals surface area (Å²) < 4.78 is 5.28. The highest BCUT2D eigenvalue weighted by molar-refractivity contribution is 5.78. The van der Waals surface area contributed by atoms with Gasteiger partial charge in [0.1, 0.15) is 0 Å². The lowest BCUT2D eigenvalue weighted by Gasteiger charge is -2.35. The van der Waals surface area contributed by atoms with Crippen LogP contribution < -0.4 is 10.6 Å². The molecule has 5 nitrogen and oxygen atoms in total. The Balaban J connectivity index is 1.56. The fourth-order valence-electron chi connectivity index (χ4n) is 3.48. The molecule has 0 unspecified atom stereocenters. The van der Waals surface area contributed by atoms with Gasteiger partial charge >= 0.3 is 0 Å². The molecule has 1 amide bonds. The van der Waals surface area contributed by atoms with Crippen molar-refractivity contribution >= 4 is 5.91 Å². The maximum atomic E-state index is 12.1. The second-order valence-corrected chi connectivity index (χ2v) is 6.61. The molecule has 0 aromatic heterocycles. The minimum atomic E-state index is 0.219. The van der Waals surface area contributed by atoms with Gasteiger partial charge in [-0.05, 0) is 71.1 Å². The minimum absolute atomic E-state index is 0.219. The Morgan fingerprint density at radius 3 is 2.64 bits per heavy atom. The molecule has 22 heavy (non-hydrogen) atoms. The van der Waals surface area contributed by atoms with Crippen LogP contribution in [0.15, 0.2) is 0 Å². The molecule has 0 saturated carbocycles. The van der Waals surface area contributed by atoms with Crippen molar-refractivity contribution in [2.45, 2.75) is 39.0 Å². The van der Waals surface area contributed by atoms with E-state index in [4.69, 9.17) is 4.74 Å². The molecule has 2 N–H and O–H groups in total. The zero-order chi connectivity index (χ0) is 15.6. The molecule has 2 fully saturated rings. The third-order valence-electron chi connectivity index (χ3n) is 4.90. The first-order chi connectivity index (χ1) is 10.8. The molecule has 0 aliphatic carbocycles. The number of carbonyl (C=O) groups excluding carboxylic acids is 1. The van der Waals surface area contributed by atoms with Crippen LogP contribution in [0.5, 0.6) is 0 Å². The molecule has 0 bridgehead atoms. The standard InChI is InChI=1S/C17H33N3O2/c1-2-22-13-3-8-19-17(21)16-6-11-20(12-7-16)14-15-4-9-18-10-5-15/h15-16,18H,2-14H2,1H3,(H,19,21). The number of likely N-dealkylation sites (tertiary alicyclic amines) is 1. The average molecular weight is 311 g/mol. The monoisotopic (exact) mass is 311 g/mol. The first-order valence-electron chi connectivity index (χ1n) is 9.08. The Morgan fingerprint density at radius 1 is 1.23 bits per heavy atom. The second-order valence-electron chi connectivity index (χ2n) is 6.61. The van der Waals surface area contributed by atoms with E-state index in [0.717, 1.165) is 58.0 Å². The maximum Gasteiger partial charge on any atom is 0.223 e. The zero-order valence-corrected chi connectivity index (χ0v) is 14.1. The number of nitrogens with zero attached hydrogens (tertiary/aromatic N) is 1. The number of carbonyl (C=O) groups is 1. The summed E-state index contributed by atoms with van der Waals surface area (Å²) in [5, 5.41) is 6.49. The van der Waals surface area contributed by atoms with Crippen LogP contribution in [0, 0.1) is 11.8 Å². The van der Waals surface area contributed by atoms with Gasteiger partial charge in [0, 0.05) is 32.2 Å². The maximum absolute atomic E-state index is 12.1. The van der Waals surface area contributed by atoms with Gasteiger partial charge in [-0.3, -0.25) is 4.79 Å². The third-order valence-corrected chi connectivity index (χ3v) is 4.90. The summed E-state index contributed by atoms with van der Waals surface area (Å²) in [5.74, 6) is 1.32. The van der Waals surface area contributed by atoms with Gasteiger partial charge in [0.15, 0.2) is 0 Å². The molecular formula is C17H33N3O2. The number of rotatable bonds is 8. The molecule has 0 aromatic rings. The number of hydrogen-bond donors (Lipinski definition) is 2. The summed E-state index contributed by atoms with van der Waals surface area (Å²) in [5.41, 5.74) is 0. The lowest BCUT2D eigenvalue weighted by molar-refractivity contribution is -0.126. The minimum Gasteiger partial charge on any atom is -0.382 e. The van der Waals surface area contributed by atoms with Gasteiger partial charge in [0.25, 0.3) is 0 Å². The van der Waals surface area contributed by atoms with E-state index in [0.29, 0.717) is 0 Å². The Labute approximate surface area is 135 Å². The first kappa shape index (κ1) is 17.7. The van der Waals surface area contributed by atoms with Crippen molar-refractivity contribution in [2.75, 3.05) is 52.5 Å². The van der Waals surface area contributed by atoms with E-state index < -0.39 is 0 Å². The van der Waals surface area contributed by atoms with E-state index in [9.17, 15) is 4.79 Å². The number of amides is 1. The summed E-state index contributed by atoms with van der Waals surface area (Å²) in [7, 11) is 0. The van der Waals surface area contributed by atoms with Crippen molar-refractivity contribution in [2.24, 2.45) is 11.8 Å². The summed E-state index contributed by atoms with van der Waals surface area (Å²) >= 11 is 0. The van der Waals surface area contributed by atoms with Crippen LogP contribution in [0.1, 0.15) is 39.0 Å². The van der Waals surface area contributed by atoms with Gasteiger partial charge in [-0.25, -0.2) is 0 Å². The Morgan fingerprint density at radius 2 is 1.95 bits per heavy atom.